The number of carbonyl (C=O) groups is 3. The predicted octanol–water partition coefficient (Wildman–Crippen LogP) is 3.70. The number of aliphatic hydroxyl groups excluding tert-OH is 2. The zero-order valence-electron chi connectivity index (χ0n) is 24.4. The highest BCUT2D eigenvalue weighted by atomic mass is 35.5. The number of anilines is 1. The van der Waals surface area contributed by atoms with Gasteiger partial charge in [-0.25, -0.2) is 23.5 Å². The highest BCUT2D eigenvalue weighted by Gasteiger charge is 2.51. The van der Waals surface area contributed by atoms with Crippen LogP contribution in [0.4, 0.5) is 23.7 Å². The van der Waals surface area contributed by atoms with E-state index in [0.717, 1.165) is 5.56 Å². The van der Waals surface area contributed by atoms with Crippen molar-refractivity contribution in [2.24, 2.45) is 0 Å². The number of piperidine rings is 1. The summed E-state index contributed by atoms with van der Waals surface area (Å²) in [4.78, 5) is 34.0. The summed E-state index contributed by atoms with van der Waals surface area (Å²) in [6, 6.07) is 5.70. The standard InChI is InChI=1S/C24H24ClF3N4O3S.C4H6O6/c1-14-15(12-32(30-14)20-17(26)4-3-5-18(20)29-22(33)34-2)11-31-8-6-23(7-9-31)21-16(10-19(25)36-21)24(27,28)13-35-23;5-1(3(7)8)2(6)4(9)10/h3-5,10,12H,6-9,11,13H2,1-2H3,(H,29,33);1-2,5-6H,(H,7,8)(H,9,10)/t;1-,2-/m.1/s1. The lowest BCUT2D eigenvalue weighted by Gasteiger charge is -2.45. The first-order chi connectivity index (χ1) is 21.6. The van der Waals surface area contributed by atoms with E-state index in [9.17, 15) is 27.6 Å². The number of methoxy groups -OCH3 is 1. The van der Waals surface area contributed by atoms with Crippen molar-refractivity contribution in [1.82, 2.24) is 14.7 Å². The molecule has 1 aromatic carbocycles. The van der Waals surface area contributed by atoms with Crippen LogP contribution in [0.2, 0.25) is 4.34 Å². The van der Waals surface area contributed by atoms with Crippen LogP contribution < -0.4 is 5.32 Å². The maximum absolute atomic E-state index is 14.7. The summed E-state index contributed by atoms with van der Waals surface area (Å²) < 4.78 is 55.7. The summed E-state index contributed by atoms with van der Waals surface area (Å²) in [6.07, 6.45) is -2.41. The molecule has 0 bridgehead atoms. The van der Waals surface area contributed by atoms with Gasteiger partial charge in [-0.2, -0.15) is 13.9 Å². The Morgan fingerprint density at radius 2 is 1.80 bits per heavy atom. The van der Waals surface area contributed by atoms with E-state index in [1.807, 2.05) is 6.92 Å². The average molecular weight is 691 g/mol. The number of nitrogens with zero attached hydrogens (tertiary/aromatic N) is 3. The number of alkyl halides is 2. The van der Waals surface area contributed by atoms with E-state index in [-0.39, 0.29) is 16.9 Å². The fourth-order valence-corrected chi connectivity index (χ4v) is 6.55. The van der Waals surface area contributed by atoms with Crippen LogP contribution >= 0.6 is 22.9 Å². The van der Waals surface area contributed by atoms with Crippen molar-refractivity contribution >= 4 is 46.7 Å². The largest absolute Gasteiger partial charge is 0.479 e. The number of amides is 1. The molecule has 250 valence electrons. The van der Waals surface area contributed by atoms with E-state index in [0.29, 0.717) is 47.4 Å². The second-order valence-electron chi connectivity index (χ2n) is 10.6. The fraction of sp³-hybridized carbons (Fsp3) is 0.429. The number of benzene rings is 1. The minimum absolute atomic E-state index is 0.0180. The van der Waals surface area contributed by atoms with Crippen LogP contribution in [0.15, 0.2) is 30.5 Å². The van der Waals surface area contributed by atoms with E-state index in [1.54, 1.807) is 12.3 Å². The van der Waals surface area contributed by atoms with Gasteiger partial charge in [0.25, 0.3) is 5.92 Å². The molecule has 2 aliphatic heterocycles. The van der Waals surface area contributed by atoms with Crippen LogP contribution in [0.1, 0.15) is 34.5 Å². The number of ether oxygens (including phenoxy) is 2. The van der Waals surface area contributed by atoms with Gasteiger partial charge < -0.3 is 29.9 Å². The topological polar surface area (TPSA) is 184 Å². The normalized spacial score (nSPS) is 18.1. The monoisotopic (exact) mass is 690 g/mol. The number of rotatable bonds is 7. The summed E-state index contributed by atoms with van der Waals surface area (Å²) in [5.41, 5.74) is 1.15. The van der Waals surface area contributed by atoms with E-state index in [2.05, 4.69) is 20.1 Å². The molecule has 2 atom stereocenters. The zero-order valence-corrected chi connectivity index (χ0v) is 25.9. The molecule has 46 heavy (non-hydrogen) atoms. The molecule has 0 radical (unpaired) electrons. The van der Waals surface area contributed by atoms with Gasteiger partial charge in [-0.1, -0.05) is 17.7 Å². The Balaban J connectivity index is 0.000000416. The summed E-state index contributed by atoms with van der Waals surface area (Å²) in [7, 11) is 1.23. The third kappa shape index (κ3) is 7.45. The van der Waals surface area contributed by atoms with Gasteiger partial charge in [0.05, 0.1) is 22.8 Å². The van der Waals surface area contributed by atoms with Crippen LogP contribution in [0.3, 0.4) is 0 Å². The number of aryl methyl sites for hydroxylation is 1. The van der Waals surface area contributed by atoms with Crippen LogP contribution in [-0.2, 0) is 37.1 Å². The average Bonchev–Trinajstić information content (AvgIpc) is 3.59. The number of fused-ring (bicyclic) bond motifs is 2. The van der Waals surface area contributed by atoms with Crippen LogP contribution in [0.5, 0.6) is 0 Å². The Labute approximate surface area is 268 Å². The molecule has 4 heterocycles. The number of hydrogen-bond acceptors (Lipinski definition) is 10. The van der Waals surface area contributed by atoms with Crippen molar-refractivity contribution in [3.05, 3.63) is 62.3 Å². The van der Waals surface area contributed by atoms with Gasteiger partial charge >= 0.3 is 18.0 Å². The summed E-state index contributed by atoms with van der Waals surface area (Å²) in [5.74, 6) is -7.12. The van der Waals surface area contributed by atoms with Crippen molar-refractivity contribution in [3.8, 4) is 5.69 Å². The molecule has 3 aromatic rings. The van der Waals surface area contributed by atoms with Gasteiger partial charge in [0, 0.05) is 41.8 Å². The number of likely N-dealkylation sites (tertiary alicyclic amines) is 1. The van der Waals surface area contributed by atoms with Crippen LogP contribution in [0.25, 0.3) is 5.69 Å². The molecular weight excluding hydrogens is 661 g/mol. The maximum Gasteiger partial charge on any atom is 0.411 e. The molecule has 18 heteroatoms. The van der Waals surface area contributed by atoms with Crippen LogP contribution in [0, 0.1) is 12.7 Å². The molecule has 1 fully saturated rings. The molecule has 0 unspecified atom stereocenters. The number of aromatic nitrogens is 2. The number of para-hydroxylation sites is 1. The van der Waals surface area contributed by atoms with Gasteiger partial charge in [-0.05, 0) is 38.0 Å². The smallest absolute Gasteiger partial charge is 0.411 e. The zero-order chi connectivity index (χ0) is 34.0. The molecule has 1 saturated heterocycles. The number of aliphatic hydroxyl groups is 2. The second kappa shape index (κ2) is 13.9. The molecule has 1 spiro atoms. The third-order valence-corrected chi connectivity index (χ3v) is 8.99. The minimum Gasteiger partial charge on any atom is -0.479 e. The van der Waals surface area contributed by atoms with Crippen molar-refractivity contribution in [1.29, 1.82) is 0 Å². The number of thiophene rings is 1. The first-order valence-corrected chi connectivity index (χ1v) is 14.8. The SMILES string of the molecule is COC(=O)Nc1cccc(F)c1-n1cc(CN2CCC3(CC2)OCC(F)(F)c2cc(Cl)sc23)c(C)n1.O=C(O)[C@H](O)[C@@H](O)C(=O)O. The van der Waals surface area contributed by atoms with Crippen LogP contribution in [-0.4, -0.2) is 92.2 Å². The van der Waals surface area contributed by atoms with E-state index in [1.165, 1.54) is 41.3 Å². The van der Waals surface area contributed by atoms with Gasteiger partial charge in [0.15, 0.2) is 18.0 Å². The van der Waals surface area contributed by atoms with Crippen molar-refractivity contribution < 1.29 is 57.5 Å². The Morgan fingerprint density at radius 3 is 2.39 bits per heavy atom. The number of hydrogen-bond donors (Lipinski definition) is 5. The number of halogens is 4. The van der Waals surface area contributed by atoms with Crippen molar-refractivity contribution in [2.45, 2.75) is 50.0 Å². The highest BCUT2D eigenvalue weighted by Crippen LogP contribution is 2.52. The summed E-state index contributed by atoms with van der Waals surface area (Å²) >= 11 is 7.27. The Bertz CT molecular complexity index is 1590. The first kappa shape index (κ1) is 35.1. The summed E-state index contributed by atoms with van der Waals surface area (Å²) in [6.45, 7) is 2.98. The molecule has 2 aliphatic rings. The molecular formula is C28H30ClF3N4O9S. The lowest BCUT2D eigenvalue weighted by atomic mass is 9.84. The summed E-state index contributed by atoms with van der Waals surface area (Å²) in [5, 5.41) is 39.5. The molecule has 5 rings (SSSR count). The van der Waals surface area contributed by atoms with Crippen molar-refractivity contribution in [3.63, 3.8) is 0 Å². The van der Waals surface area contributed by atoms with Gasteiger partial charge in [-0.3, -0.25) is 10.2 Å². The second-order valence-corrected chi connectivity index (χ2v) is 12.2. The van der Waals surface area contributed by atoms with E-state index in [4.69, 9.17) is 36.8 Å². The number of aliphatic carboxylic acids is 2. The third-order valence-electron chi connectivity index (χ3n) is 7.54. The van der Waals surface area contributed by atoms with Gasteiger partial charge in [0.1, 0.15) is 17.9 Å². The molecule has 1 amide bonds. The Hall–Kier alpha value is -3.74. The first-order valence-electron chi connectivity index (χ1n) is 13.6. The van der Waals surface area contributed by atoms with E-state index >= 15 is 0 Å². The lowest BCUT2D eigenvalue weighted by molar-refractivity contribution is -0.182. The van der Waals surface area contributed by atoms with E-state index < -0.39 is 54.2 Å². The fourth-order valence-electron chi connectivity index (χ4n) is 5.07. The molecule has 0 aliphatic carbocycles. The maximum atomic E-state index is 14.7. The lowest BCUT2D eigenvalue weighted by Crippen LogP contribution is -2.48. The number of carboxylic acids is 2. The molecule has 2 aromatic heterocycles. The Morgan fingerprint density at radius 1 is 1.17 bits per heavy atom. The number of carboxylic acid groups (broad SMARTS) is 2. The molecule has 0 saturated carbocycles. The van der Waals surface area contributed by atoms with Gasteiger partial charge in [0.2, 0.25) is 0 Å². The number of carbonyl (C=O) groups excluding carboxylic acids is 1. The Kier molecular flexibility index (Phi) is 10.6. The highest BCUT2D eigenvalue weighted by molar-refractivity contribution is 7.16. The minimum atomic E-state index is -3.04. The molecule has 13 nitrogen and oxygen atoms in total. The number of nitrogens with one attached hydrogen (secondary N) is 1. The quantitative estimate of drug-likeness (QED) is 0.244. The predicted molar refractivity (Wildman–Crippen MR) is 157 cm³/mol. The van der Waals surface area contributed by atoms with Gasteiger partial charge in [-0.15, -0.1) is 11.3 Å². The van der Waals surface area contributed by atoms with Crippen molar-refractivity contribution in [2.75, 3.05) is 32.1 Å². The molecule has 5 N–H and O–H groups in total.